The van der Waals surface area contributed by atoms with Crippen LogP contribution in [0.5, 0.6) is 11.5 Å². The SMILES string of the molecule is CON=C(COc1ccc(COc2ccc(C(C#N)CC(N)=O)cc2)cc1)c1ccccc1. The summed E-state index contributed by atoms with van der Waals surface area (Å²) in [4.78, 5) is 16.0. The van der Waals surface area contributed by atoms with Gasteiger partial charge in [0.05, 0.1) is 12.0 Å². The van der Waals surface area contributed by atoms with Gasteiger partial charge in [0.2, 0.25) is 5.91 Å². The van der Waals surface area contributed by atoms with E-state index in [1.54, 1.807) is 24.3 Å². The monoisotopic (exact) mass is 443 g/mol. The van der Waals surface area contributed by atoms with Crippen molar-refractivity contribution < 1.29 is 19.1 Å². The van der Waals surface area contributed by atoms with Gasteiger partial charge in [-0.25, -0.2) is 0 Å². The van der Waals surface area contributed by atoms with Gasteiger partial charge in [-0.3, -0.25) is 4.79 Å². The maximum Gasteiger partial charge on any atom is 0.219 e. The van der Waals surface area contributed by atoms with Gasteiger partial charge in [-0.2, -0.15) is 5.26 Å². The highest BCUT2D eigenvalue weighted by Crippen LogP contribution is 2.22. The van der Waals surface area contributed by atoms with Gasteiger partial charge in [0, 0.05) is 12.0 Å². The number of amides is 1. The molecule has 168 valence electrons. The highest BCUT2D eigenvalue weighted by molar-refractivity contribution is 6.01. The lowest BCUT2D eigenvalue weighted by molar-refractivity contribution is -0.118. The molecule has 0 heterocycles. The van der Waals surface area contributed by atoms with Crippen molar-refractivity contribution in [1.29, 1.82) is 5.26 Å². The fourth-order valence-corrected chi connectivity index (χ4v) is 3.14. The van der Waals surface area contributed by atoms with E-state index in [9.17, 15) is 10.1 Å². The van der Waals surface area contributed by atoms with E-state index in [0.717, 1.165) is 16.7 Å². The number of nitrogens with two attached hydrogens (primary N) is 1. The first-order valence-electron chi connectivity index (χ1n) is 10.4. The quantitative estimate of drug-likeness (QED) is 0.353. The smallest absolute Gasteiger partial charge is 0.219 e. The Kier molecular flexibility index (Phi) is 8.43. The van der Waals surface area contributed by atoms with Crippen LogP contribution >= 0.6 is 0 Å². The van der Waals surface area contributed by atoms with Gasteiger partial charge in [0.1, 0.15) is 37.5 Å². The summed E-state index contributed by atoms with van der Waals surface area (Å²) in [5.41, 5.74) is 8.54. The van der Waals surface area contributed by atoms with E-state index >= 15 is 0 Å². The third-order valence-corrected chi connectivity index (χ3v) is 4.86. The molecule has 3 aromatic rings. The molecule has 3 aromatic carbocycles. The standard InChI is InChI=1S/C26H25N3O4/c1-31-29-25(21-5-3-2-4-6-21)18-33-23-11-7-19(8-12-23)17-32-24-13-9-20(10-14-24)22(16-27)15-26(28)30/h2-14,22H,15,17-18H2,1H3,(H2,28,30). The summed E-state index contributed by atoms with van der Waals surface area (Å²) < 4.78 is 11.7. The van der Waals surface area contributed by atoms with Crippen LogP contribution < -0.4 is 15.2 Å². The Morgan fingerprint density at radius 1 is 0.970 bits per heavy atom. The van der Waals surface area contributed by atoms with Crippen LogP contribution in [0.2, 0.25) is 0 Å². The summed E-state index contributed by atoms with van der Waals surface area (Å²) in [6, 6.07) is 26.5. The van der Waals surface area contributed by atoms with Crippen LogP contribution in [-0.4, -0.2) is 25.3 Å². The van der Waals surface area contributed by atoms with Gasteiger partial charge in [-0.15, -0.1) is 0 Å². The summed E-state index contributed by atoms with van der Waals surface area (Å²) in [5, 5.41) is 13.3. The molecule has 0 saturated carbocycles. The van der Waals surface area contributed by atoms with Gasteiger partial charge < -0.3 is 20.0 Å². The molecule has 1 atom stereocenters. The second-order valence-electron chi connectivity index (χ2n) is 7.23. The van der Waals surface area contributed by atoms with Gasteiger partial charge in [-0.1, -0.05) is 59.8 Å². The fourth-order valence-electron chi connectivity index (χ4n) is 3.14. The van der Waals surface area contributed by atoms with Crippen molar-refractivity contribution >= 4 is 11.6 Å². The molecule has 0 aliphatic carbocycles. The Balaban J connectivity index is 1.53. The number of nitriles is 1. The number of hydrogen-bond donors (Lipinski definition) is 1. The van der Waals surface area contributed by atoms with Crippen LogP contribution in [0.4, 0.5) is 0 Å². The van der Waals surface area contributed by atoms with Crippen LogP contribution in [0, 0.1) is 11.3 Å². The molecule has 7 heteroatoms. The number of rotatable bonds is 11. The molecule has 0 spiro atoms. The fraction of sp³-hybridized carbons (Fsp3) is 0.192. The van der Waals surface area contributed by atoms with E-state index in [1.165, 1.54) is 7.11 Å². The molecule has 0 aliphatic heterocycles. The van der Waals surface area contributed by atoms with Crippen molar-refractivity contribution in [2.45, 2.75) is 18.9 Å². The second-order valence-corrected chi connectivity index (χ2v) is 7.23. The first-order chi connectivity index (χ1) is 16.1. The van der Waals surface area contributed by atoms with Crippen molar-refractivity contribution in [2.75, 3.05) is 13.7 Å². The third kappa shape index (κ3) is 7.11. The predicted molar refractivity (Wildman–Crippen MR) is 125 cm³/mol. The largest absolute Gasteiger partial charge is 0.489 e. The summed E-state index contributed by atoms with van der Waals surface area (Å²) in [7, 11) is 1.51. The maximum absolute atomic E-state index is 11.1. The number of oxime groups is 1. The van der Waals surface area contributed by atoms with Crippen molar-refractivity contribution in [3.8, 4) is 17.6 Å². The Morgan fingerprint density at radius 3 is 2.21 bits per heavy atom. The van der Waals surface area contributed by atoms with E-state index in [0.29, 0.717) is 23.8 Å². The minimum Gasteiger partial charge on any atom is -0.489 e. The van der Waals surface area contributed by atoms with E-state index in [2.05, 4.69) is 11.2 Å². The normalized spacial score (nSPS) is 11.8. The van der Waals surface area contributed by atoms with Crippen LogP contribution in [0.3, 0.4) is 0 Å². The van der Waals surface area contributed by atoms with Crippen molar-refractivity contribution in [1.82, 2.24) is 0 Å². The summed E-state index contributed by atoms with van der Waals surface area (Å²) in [5.74, 6) is 0.315. The van der Waals surface area contributed by atoms with Crippen molar-refractivity contribution in [2.24, 2.45) is 10.9 Å². The van der Waals surface area contributed by atoms with Crippen LogP contribution in [0.1, 0.15) is 29.0 Å². The highest BCUT2D eigenvalue weighted by atomic mass is 16.6. The average molecular weight is 444 g/mol. The molecule has 7 nitrogen and oxygen atoms in total. The molecule has 2 N–H and O–H groups in total. The molecular weight excluding hydrogens is 418 g/mol. The zero-order chi connectivity index (χ0) is 23.5. The third-order valence-electron chi connectivity index (χ3n) is 4.86. The molecule has 1 unspecified atom stereocenters. The summed E-state index contributed by atoms with van der Waals surface area (Å²) in [6.45, 7) is 0.655. The lowest BCUT2D eigenvalue weighted by Crippen LogP contribution is -2.14. The zero-order valence-electron chi connectivity index (χ0n) is 18.3. The van der Waals surface area contributed by atoms with E-state index in [-0.39, 0.29) is 13.0 Å². The number of nitrogens with zero attached hydrogens (tertiary/aromatic N) is 2. The van der Waals surface area contributed by atoms with E-state index in [4.69, 9.17) is 20.0 Å². The topological polar surface area (TPSA) is 107 Å². The number of carbonyl (C=O) groups is 1. The lowest BCUT2D eigenvalue weighted by atomic mass is 9.97. The molecule has 3 rings (SSSR count). The van der Waals surface area contributed by atoms with Crippen molar-refractivity contribution in [3.63, 3.8) is 0 Å². The van der Waals surface area contributed by atoms with Crippen LogP contribution in [0.15, 0.2) is 84.0 Å². The molecular formula is C26H25N3O4. The number of hydrogen-bond acceptors (Lipinski definition) is 6. The molecule has 0 fully saturated rings. The van der Waals surface area contributed by atoms with Gasteiger partial charge in [-0.05, 0) is 35.4 Å². The second kappa shape index (κ2) is 11.9. The first kappa shape index (κ1) is 23.4. The Bertz CT molecular complexity index is 1110. The number of benzene rings is 3. The van der Waals surface area contributed by atoms with E-state index < -0.39 is 11.8 Å². The number of carbonyl (C=O) groups excluding carboxylic acids is 1. The molecule has 0 saturated heterocycles. The number of ether oxygens (including phenoxy) is 2. The minimum absolute atomic E-state index is 0.00467. The molecule has 0 aromatic heterocycles. The Labute approximate surface area is 193 Å². The maximum atomic E-state index is 11.1. The zero-order valence-corrected chi connectivity index (χ0v) is 18.3. The Morgan fingerprint density at radius 2 is 1.61 bits per heavy atom. The predicted octanol–water partition coefficient (Wildman–Crippen LogP) is 4.18. The highest BCUT2D eigenvalue weighted by Gasteiger charge is 2.13. The van der Waals surface area contributed by atoms with E-state index in [1.807, 2.05) is 54.6 Å². The van der Waals surface area contributed by atoms with Crippen LogP contribution in [0.25, 0.3) is 0 Å². The Hall–Kier alpha value is -4.31. The molecule has 0 aliphatic rings. The molecule has 33 heavy (non-hydrogen) atoms. The first-order valence-corrected chi connectivity index (χ1v) is 10.4. The molecule has 1 amide bonds. The van der Waals surface area contributed by atoms with Crippen molar-refractivity contribution in [3.05, 3.63) is 95.6 Å². The molecule has 0 radical (unpaired) electrons. The van der Waals surface area contributed by atoms with Gasteiger partial charge in [0.25, 0.3) is 0 Å². The van der Waals surface area contributed by atoms with Gasteiger partial charge in [0.15, 0.2) is 0 Å². The minimum atomic E-state index is -0.555. The summed E-state index contributed by atoms with van der Waals surface area (Å²) in [6.07, 6.45) is -0.00467. The summed E-state index contributed by atoms with van der Waals surface area (Å²) >= 11 is 0. The molecule has 0 bridgehead atoms. The average Bonchev–Trinajstić information content (AvgIpc) is 2.85. The number of primary amides is 1. The van der Waals surface area contributed by atoms with Crippen LogP contribution in [-0.2, 0) is 16.2 Å². The lowest BCUT2D eigenvalue weighted by Gasteiger charge is -2.11. The van der Waals surface area contributed by atoms with Gasteiger partial charge >= 0.3 is 0 Å².